The highest BCUT2D eigenvalue weighted by Crippen LogP contribution is 2.36. The van der Waals surface area contributed by atoms with Crippen molar-refractivity contribution in [1.29, 1.82) is 5.26 Å². The lowest BCUT2D eigenvalue weighted by atomic mass is 9.96. The smallest absolute Gasteiger partial charge is 0.338 e. The minimum absolute atomic E-state index is 0.187. The molecule has 1 aromatic heterocycles. The molecule has 3 aromatic carbocycles. The first kappa shape index (κ1) is 30.0. The van der Waals surface area contributed by atoms with Crippen molar-refractivity contribution in [1.82, 2.24) is 4.57 Å². The molecule has 0 N–H and O–H groups in total. The highest BCUT2D eigenvalue weighted by molar-refractivity contribution is 9.11. The quantitative estimate of drug-likeness (QED) is 0.205. The summed E-state index contributed by atoms with van der Waals surface area (Å²) >= 11 is 15.0. The molecular formula is C31H22Br2ClN3O4S. The van der Waals surface area contributed by atoms with Gasteiger partial charge in [0, 0.05) is 5.02 Å². The minimum Gasteiger partial charge on any atom is -0.487 e. The zero-order valence-corrected chi connectivity index (χ0v) is 27.1. The van der Waals surface area contributed by atoms with Gasteiger partial charge >= 0.3 is 5.97 Å². The Balaban J connectivity index is 1.54. The van der Waals surface area contributed by atoms with Gasteiger partial charge in [0.2, 0.25) is 0 Å². The molecule has 4 aromatic rings. The van der Waals surface area contributed by atoms with E-state index in [1.807, 2.05) is 30.3 Å². The molecule has 1 aliphatic rings. The van der Waals surface area contributed by atoms with Crippen molar-refractivity contribution in [3.8, 4) is 11.8 Å². The Morgan fingerprint density at radius 2 is 1.86 bits per heavy atom. The normalized spacial score (nSPS) is 14.7. The van der Waals surface area contributed by atoms with Crippen molar-refractivity contribution in [2.24, 2.45) is 4.99 Å². The number of hydrogen-bond acceptors (Lipinski definition) is 7. The molecule has 2 heterocycles. The molecule has 7 nitrogen and oxygen atoms in total. The molecule has 11 heteroatoms. The second kappa shape index (κ2) is 12.8. The van der Waals surface area contributed by atoms with Crippen molar-refractivity contribution >= 4 is 66.8 Å². The second-order valence-corrected chi connectivity index (χ2v) is 12.4. The highest BCUT2D eigenvalue weighted by atomic mass is 79.9. The van der Waals surface area contributed by atoms with E-state index in [2.05, 4.69) is 42.9 Å². The van der Waals surface area contributed by atoms with E-state index in [0.29, 0.717) is 52.5 Å². The van der Waals surface area contributed by atoms with Crippen LogP contribution in [0.25, 0.3) is 6.08 Å². The maximum atomic E-state index is 13.9. The summed E-state index contributed by atoms with van der Waals surface area (Å²) < 4.78 is 14.7. The monoisotopic (exact) mass is 725 g/mol. The lowest BCUT2D eigenvalue weighted by Crippen LogP contribution is -2.40. The van der Waals surface area contributed by atoms with Crippen LogP contribution in [0.3, 0.4) is 0 Å². The van der Waals surface area contributed by atoms with Gasteiger partial charge < -0.3 is 9.47 Å². The molecule has 0 saturated carbocycles. The van der Waals surface area contributed by atoms with Crippen LogP contribution in [-0.4, -0.2) is 17.1 Å². The van der Waals surface area contributed by atoms with Crippen LogP contribution in [0.5, 0.6) is 5.75 Å². The maximum Gasteiger partial charge on any atom is 0.338 e. The van der Waals surface area contributed by atoms with E-state index in [9.17, 15) is 9.59 Å². The average Bonchev–Trinajstić information content (AvgIpc) is 3.26. The van der Waals surface area contributed by atoms with Crippen molar-refractivity contribution in [2.75, 3.05) is 6.61 Å². The number of carbonyl (C=O) groups is 1. The number of carbonyl (C=O) groups excluding carboxylic acids is 1. The van der Waals surface area contributed by atoms with Crippen LogP contribution in [0.15, 0.2) is 90.7 Å². The number of allylic oxidation sites excluding steroid dienone is 1. The zero-order chi connectivity index (χ0) is 30.0. The van der Waals surface area contributed by atoms with E-state index >= 15 is 0 Å². The van der Waals surface area contributed by atoms with E-state index < -0.39 is 12.0 Å². The first-order chi connectivity index (χ1) is 20.2. The van der Waals surface area contributed by atoms with Crippen molar-refractivity contribution < 1.29 is 14.3 Å². The molecule has 1 atom stereocenters. The number of rotatable bonds is 7. The number of fused-ring (bicyclic) bond motifs is 1. The molecule has 0 radical (unpaired) electrons. The highest BCUT2D eigenvalue weighted by Gasteiger charge is 2.34. The van der Waals surface area contributed by atoms with E-state index in [1.165, 1.54) is 15.9 Å². The van der Waals surface area contributed by atoms with Gasteiger partial charge in [-0.2, -0.15) is 5.26 Å². The van der Waals surface area contributed by atoms with Gasteiger partial charge in [-0.25, -0.2) is 9.79 Å². The summed E-state index contributed by atoms with van der Waals surface area (Å²) in [5.41, 5.74) is 3.31. The van der Waals surface area contributed by atoms with Gasteiger partial charge in [0.25, 0.3) is 5.56 Å². The van der Waals surface area contributed by atoms with Gasteiger partial charge in [-0.05, 0) is 98.8 Å². The predicted molar refractivity (Wildman–Crippen MR) is 169 cm³/mol. The van der Waals surface area contributed by atoms with Crippen LogP contribution in [0.2, 0.25) is 5.02 Å². The number of aromatic nitrogens is 1. The van der Waals surface area contributed by atoms with Crippen molar-refractivity contribution in [2.45, 2.75) is 26.5 Å². The summed E-state index contributed by atoms with van der Waals surface area (Å²) in [4.78, 5) is 32.0. The number of ether oxygens (including phenoxy) is 2. The summed E-state index contributed by atoms with van der Waals surface area (Å²) in [7, 11) is 0. The molecule has 0 spiro atoms. The molecule has 0 saturated heterocycles. The average molecular weight is 728 g/mol. The first-order valence-electron chi connectivity index (χ1n) is 12.8. The summed E-state index contributed by atoms with van der Waals surface area (Å²) in [5.74, 6) is 0.0637. The fraction of sp³-hybridized carbons (Fsp3) is 0.161. The molecule has 1 aliphatic heterocycles. The van der Waals surface area contributed by atoms with Gasteiger partial charge in [-0.1, -0.05) is 53.3 Å². The number of nitriles is 1. The van der Waals surface area contributed by atoms with E-state index in [0.717, 1.165) is 11.1 Å². The van der Waals surface area contributed by atoms with E-state index in [4.69, 9.17) is 26.3 Å². The predicted octanol–water partition coefficient (Wildman–Crippen LogP) is 6.43. The third kappa shape index (κ3) is 6.01. The van der Waals surface area contributed by atoms with Gasteiger partial charge in [0.15, 0.2) is 4.80 Å². The first-order valence-corrected chi connectivity index (χ1v) is 15.5. The Morgan fingerprint density at radius 1 is 1.17 bits per heavy atom. The zero-order valence-electron chi connectivity index (χ0n) is 22.4. The number of halogens is 3. The molecule has 212 valence electrons. The minimum atomic E-state index is -0.785. The summed E-state index contributed by atoms with van der Waals surface area (Å²) in [5, 5.41) is 9.43. The molecular weight excluding hydrogens is 706 g/mol. The van der Waals surface area contributed by atoms with Gasteiger partial charge in [-0.3, -0.25) is 9.36 Å². The fourth-order valence-corrected chi connectivity index (χ4v) is 7.30. The third-order valence-electron chi connectivity index (χ3n) is 6.50. The summed E-state index contributed by atoms with van der Waals surface area (Å²) in [6.45, 7) is 3.96. The topological polar surface area (TPSA) is 93.7 Å². The van der Waals surface area contributed by atoms with E-state index in [1.54, 1.807) is 50.3 Å². The Kier molecular flexibility index (Phi) is 9.13. The van der Waals surface area contributed by atoms with Crippen LogP contribution < -0.4 is 19.6 Å². The number of nitrogens with zero attached hydrogens (tertiary/aromatic N) is 3. The van der Waals surface area contributed by atoms with Crippen LogP contribution in [0.4, 0.5) is 0 Å². The number of esters is 1. The Hall–Kier alpha value is -3.49. The molecule has 42 heavy (non-hydrogen) atoms. The number of hydrogen-bond donors (Lipinski definition) is 0. The number of benzene rings is 3. The van der Waals surface area contributed by atoms with E-state index in [-0.39, 0.29) is 17.7 Å². The Labute approximate surface area is 267 Å². The van der Waals surface area contributed by atoms with Gasteiger partial charge in [0.05, 0.1) is 43.0 Å². The Morgan fingerprint density at radius 3 is 2.50 bits per heavy atom. The fourth-order valence-electron chi connectivity index (χ4n) is 4.57. The van der Waals surface area contributed by atoms with Crippen molar-refractivity contribution in [3.63, 3.8) is 0 Å². The van der Waals surface area contributed by atoms with Crippen molar-refractivity contribution in [3.05, 3.63) is 128 Å². The molecule has 0 aliphatic carbocycles. The third-order valence-corrected chi connectivity index (χ3v) is 9.01. The van der Waals surface area contributed by atoms with Gasteiger partial charge in [-0.15, -0.1) is 0 Å². The number of thiazole rings is 1. The second-order valence-electron chi connectivity index (χ2n) is 9.23. The lowest BCUT2D eigenvalue weighted by molar-refractivity contribution is -0.139. The SMILES string of the molecule is CCOC(=O)C1=C(C)N=c2s/c(=C\c3cc(Br)c(OCc4ccc(C#N)cc4)c(Br)c3)c(=O)n2[C@H]1c1ccccc1Cl. The molecule has 5 rings (SSSR count). The van der Waals surface area contributed by atoms with Gasteiger partial charge in [0.1, 0.15) is 18.4 Å². The summed E-state index contributed by atoms with van der Waals surface area (Å²) in [6.07, 6.45) is 1.77. The molecule has 0 fully saturated rings. The lowest BCUT2D eigenvalue weighted by Gasteiger charge is -2.25. The molecule has 0 unspecified atom stereocenters. The van der Waals surface area contributed by atoms with Crippen LogP contribution in [0.1, 0.15) is 42.1 Å². The molecule has 0 amide bonds. The molecule has 0 bridgehead atoms. The van der Waals surface area contributed by atoms with Crippen LogP contribution in [-0.2, 0) is 16.1 Å². The summed E-state index contributed by atoms with van der Waals surface area (Å²) in [6, 6.07) is 19.4. The largest absolute Gasteiger partial charge is 0.487 e. The van der Waals surface area contributed by atoms with Crippen LogP contribution in [0, 0.1) is 11.3 Å². The Bertz CT molecular complexity index is 1940. The maximum absolute atomic E-state index is 13.9. The standard InChI is InChI=1S/C31H22Br2ClN3O4S/c1-3-40-30(39)26-17(2)36-31-37(27(26)21-6-4-5-7-24(21)34)29(38)25(42-31)14-20-12-22(32)28(23(33)13-20)41-16-19-10-8-18(15-35)9-11-19/h4-14,27H,3,16H2,1-2H3/b25-14-/t27-/m0/s1. The van der Waals surface area contributed by atoms with Crippen LogP contribution >= 0.6 is 54.8 Å².